The van der Waals surface area contributed by atoms with E-state index < -0.39 is 0 Å². The van der Waals surface area contributed by atoms with Crippen molar-refractivity contribution in [2.24, 2.45) is 5.73 Å². The Hall–Kier alpha value is -1.03. The highest BCUT2D eigenvalue weighted by Crippen LogP contribution is 2.04. The molecule has 0 fully saturated rings. The average Bonchev–Trinajstić information content (AvgIpc) is 1.93. The van der Waals surface area contributed by atoms with Gasteiger partial charge in [-0.25, -0.2) is 4.39 Å². The van der Waals surface area contributed by atoms with Crippen molar-refractivity contribution in [2.75, 3.05) is 0 Å². The molecule has 2 nitrogen and oxygen atoms in total. The van der Waals surface area contributed by atoms with Crippen molar-refractivity contribution in [3.63, 3.8) is 0 Å². The highest BCUT2D eigenvalue weighted by molar-refractivity contribution is 7.80. The van der Waals surface area contributed by atoms with Crippen LogP contribution in [-0.4, -0.2) is 9.97 Å². The molecule has 0 radical (unpaired) electrons. The first-order valence-corrected chi connectivity index (χ1v) is 3.47. The van der Waals surface area contributed by atoms with E-state index in [1.165, 1.54) is 6.20 Å². The van der Waals surface area contributed by atoms with E-state index in [9.17, 15) is 4.39 Å². The topological polar surface area (TPSA) is 38.9 Å². The maximum absolute atomic E-state index is 12.8. The van der Waals surface area contributed by atoms with Gasteiger partial charge < -0.3 is 5.73 Å². The van der Waals surface area contributed by atoms with Crippen molar-refractivity contribution in [2.45, 2.75) is 6.42 Å². The molecule has 0 aromatic carbocycles. The third-order valence-electron chi connectivity index (χ3n) is 1.22. The number of rotatable bonds is 2. The molecule has 0 aliphatic carbocycles. The summed E-state index contributed by atoms with van der Waals surface area (Å²) in [6.45, 7) is 0. The largest absolute Gasteiger partial charge is 0.393 e. The first-order valence-electron chi connectivity index (χ1n) is 3.07. The van der Waals surface area contributed by atoms with Crippen LogP contribution in [0, 0.1) is 5.82 Å². The van der Waals surface area contributed by atoms with Crippen LogP contribution in [0.15, 0.2) is 18.5 Å². The molecule has 0 aliphatic heterocycles. The summed E-state index contributed by atoms with van der Waals surface area (Å²) in [5.74, 6) is -0.361. The van der Waals surface area contributed by atoms with E-state index in [0.717, 1.165) is 6.20 Å². The predicted molar refractivity (Wildman–Crippen MR) is 44.7 cm³/mol. The van der Waals surface area contributed by atoms with Gasteiger partial charge in [-0.3, -0.25) is 4.98 Å². The van der Waals surface area contributed by atoms with Crippen LogP contribution in [0.1, 0.15) is 5.56 Å². The fraction of sp³-hybridized carbons (Fsp3) is 0.143. The van der Waals surface area contributed by atoms with E-state index in [0.29, 0.717) is 12.0 Å². The average molecular weight is 170 g/mol. The Morgan fingerprint density at radius 1 is 1.73 bits per heavy atom. The monoisotopic (exact) mass is 170 g/mol. The highest BCUT2D eigenvalue weighted by atomic mass is 32.1. The normalized spacial score (nSPS) is 9.55. The number of halogens is 1. The van der Waals surface area contributed by atoms with Crippen molar-refractivity contribution >= 4 is 17.2 Å². The molecular weight excluding hydrogens is 163 g/mol. The summed E-state index contributed by atoms with van der Waals surface area (Å²) in [4.78, 5) is 3.88. The molecule has 1 aromatic rings. The van der Waals surface area contributed by atoms with Crippen molar-refractivity contribution in [1.82, 2.24) is 4.98 Å². The number of hydrogen-bond acceptors (Lipinski definition) is 2. The summed E-state index contributed by atoms with van der Waals surface area (Å²) in [6, 6.07) is 1.56. The lowest BCUT2D eigenvalue weighted by molar-refractivity contribution is 0.609. The van der Waals surface area contributed by atoms with E-state index in [4.69, 9.17) is 5.73 Å². The third kappa shape index (κ3) is 2.23. The van der Waals surface area contributed by atoms with Crippen molar-refractivity contribution in [1.29, 1.82) is 0 Å². The van der Waals surface area contributed by atoms with Crippen LogP contribution in [0.3, 0.4) is 0 Å². The minimum absolute atomic E-state index is 0.287. The van der Waals surface area contributed by atoms with Gasteiger partial charge in [0.25, 0.3) is 0 Å². The minimum atomic E-state index is -0.361. The lowest BCUT2D eigenvalue weighted by atomic mass is 10.2. The molecule has 11 heavy (non-hydrogen) atoms. The molecular formula is C7H7FN2S. The van der Waals surface area contributed by atoms with E-state index in [1.807, 2.05) is 0 Å². The van der Waals surface area contributed by atoms with E-state index >= 15 is 0 Å². The van der Waals surface area contributed by atoms with Crippen LogP contribution in [0.4, 0.5) is 4.39 Å². The van der Waals surface area contributed by atoms with Crippen LogP contribution in [0.2, 0.25) is 0 Å². The zero-order valence-electron chi connectivity index (χ0n) is 5.75. The van der Waals surface area contributed by atoms with Crippen molar-refractivity contribution in [3.8, 4) is 0 Å². The molecule has 4 heteroatoms. The lowest BCUT2D eigenvalue weighted by Crippen LogP contribution is -2.12. The van der Waals surface area contributed by atoms with Gasteiger partial charge in [0.05, 0.1) is 11.2 Å². The van der Waals surface area contributed by atoms with Crippen LogP contribution in [0.5, 0.6) is 0 Å². The maximum Gasteiger partial charge on any atom is 0.145 e. The molecule has 1 heterocycles. The fourth-order valence-electron chi connectivity index (χ4n) is 0.735. The van der Waals surface area contributed by atoms with Crippen LogP contribution >= 0.6 is 12.2 Å². The summed E-state index contributed by atoms with van der Waals surface area (Å²) in [5, 5.41) is 0. The fourth-order valence-corrected chi connectivity index (χ4v) is 0.891. The smallest absolute Gasteiger partial charge is 0.145 e. The molecule has 0 bridgehead atoms. The summed E-state index contributed by atoms with van der Waals surface area (Å²) in [5.41, 5.74) is 5.73. The number of pyridine rings is 1. The first-order chi connectivity index (χ1) is 5.20. The molecule has 0 aliphatic rings. The van der Waals surface area contributed by atoms with Crippen LogP contribution < -0.4 is 5.73 Å². The second kappa shape index (κ2) is 3.39. The second-order valence-electron chi connectivity index (χ2n) is 2.11. The molecule has 0 amide bonds. The summed E-state index contributed by atoms with van der Waals surface area (Å²) >= 11 is 4.63. The Bertz CT molecular complexity index is 275. The Kier molecular flexibility index (Phi) is 2.48. The van der Waals surface area contributed by atoms with Gasteiger partial charge in [0.2, 0.25) is 0 Å². The molecule has 0 spiro atoms. The van der Waals surface area contributed by atoms with E-state index in [-0.39, 0.29) is 10.8 Å². The summed E-state index contributed by atoms with van der Waals surface area (Å²) in [6.07, 6.45) is 2.95. The quantitative estimate of drug-likeness (QED) is 0.674. The van der Waals surface area contributed by atoms with Gasteiger partial charge in [0.15, 0.2) is 0 Å². The Labute approximate surface area is 69.2 Å². The Balaban J connectivity index is 2.86. The molecule has 1 aromatic heterocycles. The highest BCUT2D eigenvalue weighted by Gasteiger charge is 2.01. The zero-order valence-corrected chi connectivity index (χ0v) is 6.57. The summed E-state index contributed by atoms with van der Waals surface area (Å²) in [7, 11) is 0. The Morgan fingerprint density at radius 3 is 3.00 bits per heavy atom. The van der Waals surface area contributed by atoms with Gasteiger partial charge in [-0.05, 0) is 11.6 Å². The van der Waals surface area contributed by atoms with Gasteiger partial charge in [-0.15, -0.1) is 0 Å². The molecule has 1 rings (SSSR count). The van der Waals surface area contributed by atoms with Crippen molar-refractivity contribution in [3.05, 3.63) is 29.8 Å². The SMILES string of the molecule is NC(=S)Cc1ccncc1F. The van der Waals surface area contributed by atoms with E-state index in [1.54, 1.807) is 6.07 Å². The number of aromatic nitrogens is 1. The minimum Gasteiger partial charge on any atom is -0.393 e. The number of nitrogens with two attached hydrogens (primary N) is 1. The molecule has 0 atom stereocenters. The maximum atomic E-state index is 12.8. The zero-order chi connectivity index (χ0) is 8.27. The standard InChI is InChI=1S/C7H7FN2S/c8-6-4-10-2-1-5(6)3-7(9)11/h1-2,4H,3H2,(H2,9,11). The van der Waals surface area contributed by atoms with Crippen molar-refractivity contribution < 1.29 is 4.39 Å². The second-order valence-corrected chi connectivity index (χ2v) is 2.63. The number of nitrogens with zero attached hydrogens (tertiary/aromatic N) is 1. The van der Waals surface area contributed by atoms with Gasteiger partial charge in [0.1, 0.15) is 5.82 Å². The van der Waals surface area contributed by atoms with Gasteiger partial charge >= 0.3 is 0 Å². The number of thiocarbonyl (C=S) groups is 1. The molecule has 0 saturated heterocycles. The van der Waals surface area contributed by atoms with Gasteiger partial charge in [0, 0.05) is 12.6 Å². The van der Waals surface area contributed by atoms with Gasteiger partial charge in [-0.2, -0.15) is 0 Å². The number of hydrogen-bond donors (Lipinski definition) is 1. The van der Waals surface area contributed by atoms with Crippen LogP contribution in [-0.2, 0) is 6.42 Å². The summed E-state index contributed by atoms with van der Waals surface area (Å²) < 4.78 is 12.8. The van der Waals surface area contributed by atoms with Gasteiger partial charge in [-0.1, -0.05) is 12.2 Å². The Morgan fingerprint density at radius 2 is 2.45 bits per heavy atom. The first kappa shape index (κ1) is 8.07. The van der Waals surface area contributed by atoms with Crippen LogP contribution in [0.25, 0.3) is 0 Å². The van der Waals surface area contributed by atoms with E-state index in [2.05, 4.69) is 17.2 Å². The molecule has 0 unspecified atom stereocenters. The molecule has 2 N–H and O–H groups in total. The third-order valence-corrected chi connectivity index (χ3v) is 1.37. The molecule has 58 valence electrons. The predicted octanol–water partition coefficient (Wildman–Crippen LogP) is 1.05. The lowest BCUT2D eigenvalue weighted by Gasteiger charge is -1.98. The molecule has 0 saturated carbocycles.